The maximum absolute atomic E-state index is 11.3. The zero-order chi connectivity index (χ0) is 14.8. The van der Waals surface area contributed by atoms with E-state index in [2.05, 4.69) is 32.6 Å². The molecule has 7 nitrogen and oxygen atoms in total. The van der Waals surface area contributed by atoms with Gasteiger partial charge in [0.1, 0.15) is 0 Å². The van der Waals surface area contributed by atoms with Gasteiger partial charge in [-0.1, -0.05) is 17.0 Å². The molecule has 21 heavy (non-hydrogen) atoms. The molecule has 0 bridgehead atoms. The predicted molar refractivity (Wildman–Crippen MR) is 71.8 cm³/mol. The van der Waals surface area contributed by atoms with Crippen molar-refractivity contribution in [3.05, 3.63) is 35.7 Å². The van der Waals surface area contributed by atoms with Crippen molar-refractivity contribution >= 4 is 11.9 Å². The van der Waals surface area contributed by atoms with Gasteiger partial charge in [0.15, 0.2) is 6.04 Å². The second-order valence-electron chi connectivity index (χ2n) is 4.38. The summed E-state index contributed by atoms with van der Waals surface area (Å²) >= 11 is 0. The average Bonchev–Trinajstić information content (AvgIpc) is 3.03. The molecule has 1 aliphatic rings. The number of benzene rings is 1. The highest BCUT2D eigenvalue weighted by Crippen LogP contribution is 2.15. The smallest absolute Gasteiger partial charge is 0.322 e. The van der Waals surface area contributed by atoms with Crippen LogP contribution < -0.4 is 10.6 Å². The highest BCUT2D eigenvalue weighted by atomic mass is 16.5. The number of hydrogen-bond acceptors (Lipinski definition) is 5. The van der Waals surface area contributed by atoms with E-state index in [0.29, 0.717) is 17.3 Å². The van der Waals surface area contributed by atoms with Gasteiger partial charge in [-0.15, -0.1) is 0 Å². The number of nitrogens with zero attached hydrogens (tertiary/aromatic N) is 2. The number of imide groups is 1. The van der Waals surface area contributed by atoms with E-state index < -0.39 is 18.0 Å². The fraction of sp³-hybridized carbons (Fsp3) is 0.143. The molecule has 104 valence electrons. The Balaban J connectivity index is 1.76. The van der Waals surface area contributed by atoms with Crippen LogP contribution in [0.15, 0.2) is 28.8 Å². The van der Waals surface area contributed by atoms with E-state index in [4.69, 9.17) is 4.52 Å². The maximum Gasteiger partial charge on any atom is 0.322 e. The standard InChI is InChI=1S/C14H10N4O3/c1-8-15-12(18-21-8)10-5-2-9(3-6-10)4-7-11-13(19)17-14(20)16-11/h2-3,5-6,11H,1H3,(H2,16,17,19,20). The number of rotatable bonds is 1. The lowest BCUT2D eigenvalue weighted by atomic mass is 10.1. The zero-order valence-corrected chi connectivity index (χ0v) is 11.0. The number of hydrogen-bond donors (Lipinski definition) is 2. The summed E-state index contributed by atoms with van der Waals surface area (Å²) < 4.78 is 4.91. The highest BCUT2D eigenvalue weighted by molar-refractivity contribution is 6.05. The molecule has 0 aliphatic carbocycles. The summed E-state index contributed by atoms with van der Waals surface area (Å²) in [6, 6.07) is 5.84. The normalized spacial score (nSPS) is 16.9. The summed E-state index contributed by atoms with van der Waals surface area (Å²) in [6.07, 6.45) is 0. The van der Waals surface area contributed by atoms with E-state index in [1.54, 1.807) is 19.1 Å². The molecule has 1 atom stereocenters. The van der Waals surface area contributed by atoms with Crippen LogP contribution in [0.1, 0.15) is 11.5 Å². The summed E-state index contributed by atoms with van der Waals surface area (Å²) in [5.74, 6) is 6.10. The Morgan fingerprint density at radius 1 is 1.24 bits per heavy atom. The number of carbonyl (C=O) groups excluding carboxylic acids is 2. The summed E-state index contributed by atoms with van der Waals surface area (Å²) in [5, 5.41) is 8.35. The molecule has 7 heteroatoms. The largest absolute Gasteiger partial charge is 0.339 e. The molecule has 3 amide bonds. The molecule has 2 aromatic rings. The Morgan fingerprint density at radius 3 is 2.57 bits per heavy atom. The van der Waals surface area contributed by atoms with Gasteiger partial charge in [0.2, 0.25) is 11.7 Å². The van der Waals surface area contributed by atoms with Crippen LogP contribution in [-0.4, -0.2) is 28.1 Å². The number of aromatic nitrogens is 2. The van der Waals surface area contributed by atoms with Gasteiger partial charge in [-0.25, -0.2) is 4.79 Å². The van der Waals surface area contributed by atoms with Crippen LogP contribution in [0.4, 0.5) is 4.79 Å². The van der Waals surface area contributed by atoms with Crippen LogP contribution in [-0.2, 0) is 4.79 Å². The highest BCUT2D eigenvalue weighted by Gasteiger charge is 2.27. The van der Waals surface area contributed by atoms with E-state index >= 15 is 0 Å². The van der Waals surface area contributed by atoms with Crippen molar-refractivity contribution in [3.63, 3.8) is 0 Å². The Kier molecular flexibility index (Phi) is 3.12. The van der Waals surface area contributed by atoms with Gasteiger partial charge in [0.05, 0.1) is 0 Å². The predicted octanol–water partition coefficient (Wildman–Crippen LogP) is 0.605. The fourth-order valence-electron chi connectivity index (χ4n) is 1.79. The van der Waals surface area contributed by atoms with Crippen LogP contribution in [0.5, 0.6) is 0 Å². The monoisotopic (exact) mass is 282 g/mol. The van der Waals surface area contributed by atoms with Gasteiger partial charge in [0, 0.05) is 18.1 Å². The molecule has 2 N–H and O–H groups in total. The van der Waals surface area contributed by atoms with Crippen molar-refractivity contribution in [2.75, 3.05) is 0 Å². The average molecular weight is 282 g/mol. The number of nitrogens with one attached hydrogen (secondary N) is 2. The van der Waals surface area contributed by atoms with Crippen LogP contribution in [0, 0.1) is 18.8 Å². The number of aryl methyl sites for hydroxylation is 1. The van der Waals surface area contributed by atoms with Crippen LogP contribution in [0.25, 0.3) is 11.4 Å². The van der Waals surface area contributed by atoms with E-state index in [1.165, 1.54) is 0 Å². The Hall–Kier alpha value is -3.14. The summed E-state index contributed by atoms with van der Waals surface area (Å²) in [7, 11) is 0. The minimum Gasteiger partial charge on any atom is -0.339 e. The lowest BCUT2D eigenvalue weighted by molar-refractivity contribution is -0.119. The molecule has 1 saturated heterocycles. The minimum absolute atomic E-state index is 0.439. The lowest BCUT2D eigenvalue weighted by Crippen LogP contribution is -2.26. The van der Waals surface area contributed by atoms with Crippen LogP contribution in [0.2, 0.25) is 0 Å². The third-order valence-electron chi connectivity index (χ3n) is 2.81. The molecule has 0 spiro atoms. The molecule has 1 fully saturated rings. The van der Waals surface area contributed by atoms with Gasteiger partial charge >= 0.3 is 6.03 Å². The SMILES string of the molecule is Cc1nc(-c2ccc(C#CC3NC(=O)NC3=O)cc2)no1. The van der Waals surface area contributed by atoms with E-state index in [9.17, 15) is 9.59 Å². The topological polar surface area (TPSA) is 97.1 Å². The fourth-order valence-corrected chi connectivity index (χ4v) is 1.79. The Bertz CT molecular complexity index is 768. The van der Waals surface area contributed by atoms with Crippen molar-refractivity contribution in [1.82, 2.24) is 20.8 Å². The van der Waals surface area contributed by atoms with Crippen LogP contribution in [0.3, 0.4) is 0 Å². The Morgan fingerprint density at radius 2 is 2.00 bits per heavy atom. The molecule has 3 rings (SSSR count). The van der Waals surface area contributed by atoms with Crippen molar-refractivity contribution in [3.8, 4) is 23.2 Å². The molecule has 0 saturated carbocycles. The Labute approximate surface area is 119 Å². The molecular weight excluding hydrogens is 272 g/mol. The third kappa shape index (κ3) is 2.74. The first-order chi connectivity index (χ1) is 10.1. The number of amides is 3. The summed E-state index contributed by atoms with van der Waals surface area (Å²) in [4.78, 5) is 26.4. The van der Waals surface area contributed by atoms with E-state index in [-0.39, 0.29) is 0 Å². The second kappa shape index (κ2) is 5.09. The van der Waals surface area contributed by atoms with E-state index in [1.807, 2.05) is 12.1 Å². The summed E-state index contributed by atoms with van der Waals surface area (Å²) in [5.41, 5.74) is 1.53. The molecule has 1 unspecified atom stereocenters. The van der Waals surface area contributed by atoms with Crippen molar-refractivity contribution in [1.29, 1.82) is 0 Å². The first-order valence-electron chi connectivity index (χ1n) is 6.15. The van der Waals surface area contributed by atoms with Gasteiger partial charge in [-0.05, 0) is 24.3 Å². The molecule has 1 aliphatic heterocycles. The number of urea groups is 1. The quantitative estimate of drug-likeness (QED) is 0.590. The van der Waals surface area contributed by atoms with Crippen molar-refractivity contribution in [2.45, 2.75) is 13.0 Å². The second-order valence-corrected chi connectivity index (χ2v) is 4.38. The van der Waals surface area contributed by atoms with Crippen LogP contribution >= 0.6 is 0 Å². The molecular formula is C14H10N4O3. The molecule has 2 heterocycles. The lowest BCUT2D eigenvalue weighted by Gasteiger charge is -1.96. The molecule has 1 aromatic carbocycles. The first kappa shape index (κ1) is 12.9. The zero-order valence-electron chi connectivity index (χ0n) is 11.0. The third-order valence-corrected chi connectivity index (χ3v) is 2.81. The molecule has 1 aromatic heterocycles. The van der Waals surface area contributed by atoms with Gasteiger partial charge < -0.3 is 9.84 Å². The van der Waals surface area contributed by atoms with Gasteiger partial charge in [-0.3, -0.25) is 10.1 Å². The first-order valence-corrected chi connectivity index (χ1v) is 6.15. The maximum atomic E-state index is 11.3. The van der Waals surface area contributed by atoms with E-state index in [0.717, 1.165) is 5.56 Å². The van der Waals surface area contributed by atoms with Crippen molar-refractivity contribution in [2.24, 2.45) is 0 Å². The van der Waals surface area contributed by atoms with Gasteiger partial charge in [-0.2, -0.15) is 4.98 Å². The van der Waals surface area contributed by atoms with Crippen molar-refractivity contribution < 1.29 is 14.1 Å². The van der Waals surface area contributed by atoms with Gasteiger partial charge in [0.25, 0.3) is 5.91 Å². The number of carbonyl (C=O) groups is 2. The molecule has 0 radical (unpaired) electrons. The summed E-state index contributed by atoms with van der Waals surface area (Å²) in [6.45, 7) is 1.72. The minimum atomic E-state index is -0.808.